The Morgan fingerprint density at radius 1 is 1.03 bits per heavy atom. The summed E-state index contributed by atoms with van der Waals surface area (Å²) in [5.41, 5.74) is 9.48. The molecular weight excluding hydrogens is 380 g/mol. The summed E-state index contributed by atoms with van der Waals surface area (Å²) in [6, 6.07) is 12.6. The molecule has 0 aliphatic carbocycles. The Morgan fingerprint density at radius 3 is 2.33 bits per heavy atom. The maximum atomic E-state index is 12.3. The number of hydrogen-bond donors (Lipinski definition) is 1. The lowest BCUT2D eigenvalue weighted by Crippen LogP contribution is -2.18. The van der Waals surface area contributed by atoms with E-state index in [0.29, 0.717) is 5.56 Å². The molecule has 7 nitrogen and oxygen atoms in total. The highest BCUT2D eigenvalue weighted by molar-refractivity contribution is 5.95. The molecule has 0 spiro atoms. The standard InChI is InChI=1S/C23H24N4O3/c1-14-9-10-19(12-21(14)27(29)30)23(28)25-24-13-20-11-17(4)26(18(20)5)22-15(2)7-6-8-16(22)3/h6-13H,1-5H3,(H,25,28)/b24-13-. The Hall–Kier alpha value is -3.74. The van der Waals surface area contributed by atoms with Crippen molar-refractivity contribution in [3.8, 4) is 5.69 Å². The van der Waals surface area contributed by atoms with Gasteiger partial charge >= 0.3 is 0 Å². The fraction of sp³-hybridized carbons (Fsp3) is 0.217. The van der Waals surface area contributed by atoms with Crippen LogP contribution in [0.5, 0.6) is 0 Å². The van der Waals surface area contributed by atoms with E-state index in [9.17, 15) is 14.9 Å². The van der Waals surface area contributed by atoms with E-state index in [-0.39, 0.29) is 11.3 Å². The number of benzene rings is 2. The summed E-state index contributed by atoms with van der Waals surface area (Å²) in [7, 11) is 0. The molecular formula is C23H24N4O3. The van der Waals surface area contributed by atoms with Gasteiger partial charge in [0, 0.05) is 34.1 Å². The average Bonchev–Trinajstić information content (AvgIpc) is 2.96. The van der Waals surface area contributed by atoms with Gasteiger partial charge in [-0.25, -0.2) is 5.43 Å². The molecule has 0 saturated carbocycles. The first kappa shape index (κ1) is 21.0. The number of amides is 1. The zero-order chi connectivity index (χ0) is 22.0. The summed E-state index contributed by atoms with van der Waals surface area (Å²) in [6.07, 6.45) is 1.59. The van der Waals surface area contributed by atoms with Crippen LogP contribution in [-0.4, -0.2) is 21.6 Å². The smallest absolute Gasteiger partial charge is 0.273 e. The van der Waals surface area contributed by atoms with Gasteiger partial charge in [0.25, 0.3) is 11.6 Å². The Morgan fingerprint density at radius 2 is 1.70 bits per heavy atom. The van der Waals surface area contributed by atoms with Crippen molar-refractivity contribution in [1.82, 2.24) is 9.99 Å². The lowest BCUT2D eigenvalue weighted by Gasteiger charge is -2.15. The van der Waals surface area contributed by atoms with E-state index < -0.39 is 10.8 Å². The molecule has 0 fully saturated rings. The zero-order valence-corrected chi connectivity index (χ0v) is 17.7. The SMILES string of the molecule is Cc1ccc(C(=O)N/N=C\c2cc(C)n(-c3c(C)cccc3C)c2C)cc1[N+](=O)[O-]. The third-order valence-corrected chi connectivity index (χ3v) is 5.17. The number of aromatic nitrogens is 1. The topological polar surface area (TPSA) is 89.5 Å². The third-order valence-electron chi connectivity index (χ3n) is 5.17. The number of nitro benzene ring substituents is 1. The molecule has 30 heavy (non-hydrogen) atoms. The second-order valence-corrected chi connectivity index (χ2v) is 7.36. The molecule has 3 rings (SSSR count). The van der Waals surface area contributed by atoms with Gasteiger partial charge in [0.2, 0.25) is 0 Å². The van der Waals surface area contributed by atoms with Crippen molar-refractivity contribution in [3.63, 3.8) is 0 Å². The highest BCUT2D eigenvalue weighted by Gasteiger charge is 2.15. The molecule has 1 aromatic heterocycles. The molecule has 0 aliphatic rings. The van der Waals surface area contributed by atoms with Crippen molar-refractivity contribution in [3.05, 3.63) is 91.8 Å². The van der Waals surface area contributed by atoms with Gasteiger partial charge in [-0.3, -0.25) is 14.9 Å². The maximum absolute atomic E-state index is 12.3. The van der Waals surface area contributed by atoms with Crippen LogP contribution in [0.1, 0.15) is 44.0 Å². The summed E-state index contributed by atoms with van der Waals surface area (Å²) in [5.74, 6) is -0.502. The van der Waals surface area contributed by atoms with E-state index in [4.69, 9.17) is 0 Å². The summed E-state index contributed by atoms with van der Waals surface area (Å²) >= 11 is 0. The number of hydrazone groups is 1. The molecule has 0 saturated heterocycles. The van der Waals surface area contributed by atoms with Crippen LogP contribution in [0.2, 0.25) is 0 Å². The minimum Gasteiger partial charge on any atom is -0.317 e. The van der Waals surface area contributed by atoms with Crippen LogP contribution in [0.4, 0.5) is 5.69 Å². The molecule has 1 N–H and O–H groups in total. The first-order chi connectivity index (χ1) is 14.2. The van der Waals surface area contributed by atoms with E-state index in [0.717, 1.165) is 22.6 Å². The van der Waals surface area contributed by atoms with Crippen molar-refractivity contribution in [2.75, 3.05) is 0 Å². The van der Waals surface area contributed by atoms with Crippen LogP contribution in [-0.2, 0) is 0 Å². The number of hydrogen-bond acceptors (Lipinski definition) is 4. The Balaban J connectivity index is 1.84. The van der Waals surface area contributed by atoms with E-state index in [1.54, 1.807) is 25.3 Å². The van der Waals surface area contributed by atoms with Gasteiger partial charge in [0.15, 0.2) is 0 Å². The fourth-order valence-electron chi connectivity index (χ4n) is 3.59. The lowest BCUT2D eigenvalue weighted by atomic mass is 10.1. The summed E-state index contributed by atoms with van der Waals surface area (Å²) in [4.78, 5) is 22.9. The second kappa shape index (κ2) is 8.32. The van der Waals surface area contributed by atoms with Crippen LogP contribution in [0.25, 0.3) is 5.69 Å². The molecule has 0 atom stereocenters. The molecule has 7 heteroatoms. The Labute approximate surface area is 175 Å². The third kappa shape index (κ3) is 4.00. The zero-order valence-electron chi connectivity index (χ0n) is 17.7. The van der Waals surface area contributed by atoms with Crippen molar-refractivity contribution < 1.29 is 9.72 Å². The Kier molecular flexibility index (Phi) is 5.82. The predicted molar refractivity (Wildman–Crippen MR) is 118 cm³/mol. The molecule has 0 bridgehead atoms. The van der Waals surface area contributed by atoms with Crippen LogP contribution in [0.3, 0.4) is 0 Å². The van der Waals surface area contributed by atoms with E-state index in [2.05, 4.69) is 41.1 Å². The Bertz CT molecular complexity index is 1160. The number of nitrogens with zero attached hydrogens (tertiary/aromatic N) is 3. The number of carbonyl (C=O) groups excluding carboxylic acids is 1. The molecule has 0 radical (unpaired) electrons. The summed E-state index contributed by atoms with van der Waals surface area (Å²) in [5, 5.41) is 15.1. The number of carbonyl (C=O) groups is 1. The predicted octanol–water partition coefficient (Wildman–Crippen LogP) is 4.69. The van der Waals surface area contributed by atoms with Crippen molar-refractivity contribution in [2.45, 2.75) is 34.6 Å². The number of nitro groups is 1. The molecule has 1 amide bonds. The largest absolute Gasteiger partial charge is 0.317 e. The van der Waals surface area contributed by atoms with Crippen LogP contribution >= 0.6 is 0 Å². The van der Waals surface area contributed by atoms with Crippen LogP contribution in [0.15, 0.2) is 47.6 Å². The first-order valence-corrected chi connectivity index (χ1v) is 9.54. The summed E-state index contributed by atoms with van der Waals surface area (Å²) < 4.78 is 2.18. The van der Waals surface area contributed by atoms with Crippen molar-refractivity contribution >= 4 is 17.8 Å². The molecule has 1 heterocycles. The number of nitrogens with one attached hydrogen (secondary N) is 1. The second-order valence-electron chi connectivity index (χ2n) is 7.36. The van der Waals surface area contributed by atoms with Crippen LogP contribution < -0.4 is 5.43 Å². The van der Waals surface area contributed by atoms with Gasteiger partial charge in [-0.1, -0.05) is 24.3 Å². The molecule has 3 aromatic rings. The van der Waals surface area contributed by atoms with Gasteiger partial charge in [-0.2, -0.15) is 5.10 Å². The van der Waals surface area contributed by atoms with Crippen LogP contribution in [0, 0.1) is 44.7 Å². The monoisotopic (exact) mass is 404 g/mol. The molecule has 0 unspecified atom stereocenters. The first-order valence-electron chi connectivity index (χ1n) is 9.54. The van der Waals surface area contributed by atoms with Gasteiger partial charge in [-0.15, -0.1) is 0 Å². The molecule has 154 valence electrons. The van der Waals surface area contributed by atoms with Gasteiger partial charge < -0.3 is 4.57 Å². The maximum Gasteiger partial charge on any atom is 0.273 e. The quantitative estimate of drug-likeness (QED) is 0.380. The van der Waals surface area contributed by atoms with Gasteiger partial charge in [0.05, 0.1) is 16.8 Å². The van der Waals surface area contributed by atoms with Crippen molar-refractivity contribution in [1.29, 1.82) is 0 Å². The minimum atomic E-state index is -0.502. The number of para-hydroxylation sites is 1. The molecule has 2 aromatic carbocycles. The van der Waals surface area contributed by atoms with E-state index in [1.165, 1.54) is 17.2 Å². The highest BCUT2D eigenvalue weighted by Crippen LogP contribution is 2.25. The number of rotatable bonds is 5. The normalized spacial score (nSPS) is 11.1. The minimum absolute atomic E-state index is 0.0937. The van der Waals surface area contributed by atoms with E-state index >= 15 is 0 Å². The fourth-order valence-corrected chi connectivity index (χ4v) is 3.59. The average molecular weight is 404 g/mol. The summed E-state index contributed by atoms with van der Waals surface area (Å²) in [6.45, 7) is 9.82. The van der Waals surface area contributed by atoms with Gasteiger partial charge in [-0.05, 0) is 57.9 Å². The van der Waals surface area contributed by atoms with Gasteiger partial charge in [0.1, 0.15) is 0 Å². The number of aryl methyl sites for hydroxylation is 4. The molecule has 0 aliphatic heterocycles. The lowest BCUT2D eigenvalue weighted by molar-refractivity contribution is -0.385. The van der Waals surface area contributed by atoms with E-state index in [1.807, 2.05) is 26.0 Å². The van der Waals surface area contributed by atoms with Crippen molar-refractivity contribution in [2.24, 2.45) is 5.10 Å². The highest BCUT2D eigenvalue weighted by atomic mass is 16.6.